The summed E-state index contributed by atoms with van der Waals surface area (Å²) in [5.41, 5.74) is 8.05. The molecule has 6 nitrogen and oxygen atoms in total. The van der Waals surface area contributed by atoms with Crippen molar-refractivity contribution in [2.45, 2.75) is 0 Å². The Kier molecular flexibility index (Phi) is 5.14. The Hall–Kier alpha value is -3.80. The molecule has 0 aliphatic carbocycles. The summed E-state index contributed by atoms with van der Waals surface area (Å²) in [4.78, 5) is 29.1. The number of hydrogen-bond acceptors (Lipinski definition) is 6. The molecule has 0 radical (unpaired) electrons. The molecule has 0 aromatic heterocycles. The molecule has 0 heterocycles. The van der Waals surface area contributed by atoms with Crippen LogP contribution in [0.25, 0.3) is 0 Å². The first kappa shape index (κ1) is 17.0. The van der Waals surface area contributed by atoms with E-state index in [4.69, 9.17) is 10.3 Å². The minimum atomic E-state index is -0.540. The topological polar surface area (TPSA) is 88.8 Å². The molecule has 0 aliphatic rings. The Morgan fingerprint density at radius 3 is 1.85 bits per heavy atom. The molecule has 0 aliphatic heterocycles. The maximum absolute atomic E-state index is 12.3. The smallest absolute Gasteiger partial charge is 0.343 e. The molecule has 1 N–H and O–H groups in total. The maximum Gasteiger partial charge on any atom is 0.343 e. The first-order valence-corrected chi connectivity index (χ1v) is 7.73. The molecule has 0 bridgehead atoms. The summed E-state index contributed by atoms with van der Waals surface area (Å²) in [6.07, 6.45) is 0. The van der Waals surface area contributed by atoms with Crippen LogP contribution in [0, 0.1) is 5.53 Å². The van der Waals surface area contributed by atoms with E-state index in [1.165, 1.54) is 24.3 Å². The van der Waals surface area contributed by atoms with E-state index in [1.54, 1.807) is 48.5 Å². The zero-order chi connectivity index (χ0) is 18.4. The second-order valence-electron chi connectivity index (χ2n) is 5.32. The van der Waals surface area contributed by atoms with Crippen molar-refractivity contribution in [1.29, 1.82) is 5.53 Å². The molecular weight excluding hydrogens is 332 g/mol. The van der Waals surface area contributed by atoms with Crippen molar-refractivity contribution in [1.82, 2.24) is 0 Å². The largest absolute Gasteiger partial charge is 0.423 e. The lowest BCUT2D eigenvalue weighted by Gasteiger charge is -2.06. The summed E-state index contributed by atoms with van der Waals surface area (Å²) in [6.45, 7) is 0. The van der Waals surface area contributed by atoms with E-state index in [1.807, 2.05) is 6.07 Å². The Balaban J connectivity index is 1.68. The van der Waals surface area contributed by atoms with Crippen molar-refractivity contribution in [3.63, 3.8) is 0 Å². The first-order valence-electron chi connectivity index (χ1n) is 7.73. The van der Waals surface area contributed by atoms with Crippen molar-refractivity contribution < 1.29 is 19.2 Å². The van der Waals surface area contributed by atoms with Crippen LogP contribution < -0.4 is 9.57 Å². The number of nitrogens with zero attached hydrogens (tertiary/aromatic N) is 1. The fourth-order valence-electron chi connectivity index (χ4n) is 2.30. The zero-order valence-corrected chi connectivity index (χ0v) is 13.6. The van der Waals surface area contributed by atoms with Gasteiger partial charge in [0.25, 0.3) is 0 Å². The van der Waals surface area contributed by atoms with Gasteiger partial charge in [0.15, 0.2) is 11.5 Å². The van der Waals surface area contributed by atoms with Gasteiger partial charge < -0.3 is 9.57 Å². The maximum atomic E-state index is 12.3. The van der Waals surface area contributed by atoms with Gasteiger partial charge in [0.1, 0.15) is 5.75 Å². The van der Waals surface area contributed by atoms with Gasteiger partial charge in [-0.15, -0.1) is 0 Å². The molecule has 0 fully saturated rings. The summed E-state index contributed by atoms with van der Waals surface area (Å²) >= 11 is 0. The Bertz CT molecular complexity index is 920. The van der Waals surface area contributed by atoms with Crippen LogP contribution in [0.15, 0.2) is 84.1 Å². The molecule has 0 spiro atoms. The highest BCUT2D eigenvalue weighted by molar-refractivity contribution is 6.09. The van der Waals surface area contributed by atoms with E-state index in [9.17, 15) is 9.59 Å². The fraction of sp³-hybridized carbons (Fsp3) is 0. The lowest BCUT2D eigenvalue weighted by Crippen LogP contribution is -2.08. The van der Waals surface area contributed by atoms with Crippen molar-refractivity contribution in [2.24, 2.45) is 5.28 Å². The van der Waals surface area contributed by atoms with Gasteiger partial charge in [0, 0.05) is 16.4 Å². The van der Waals surface area contributed by atoms with Crippen molar-refractivity contribution >= 4 is 11.8 Å². The van der Waals surface area contributed by atoms with E-state index < -0.39 is 5.97 Å². The van der Waals surface area contributed by atoms with Crippen LogP contribution in [0.4, 0.5) is 0 Å². The Morgan fingerprint density at radius 2 is 1.23 bits per heavy atom. The van der Waals surface area contributed by atoms with Gasteiger partial charge in [-0.05, 0) is 48.5 Å². The summed E-state index contributed by atoms with van der Waals surface area (Å²) in [7, 11) is 0. The molecule has 0 amide bonds. The second kappa shape index (κ2) is 7.85. The molecule has 0 unspecified atom stereocenters. The summed E-state index contributed by atoms with van der Waals surface area (Å²) in [5, 5.41) is 2.80. The monoisotopic (exact) mass is 346 g/mol. The fourth-order valence-corrected chi connectivity index (χ4v) is 2.30. The number of ketones is 1. The van der Waals surface area contributed by atoms with Gasteiger partial charge in [0.2, 0.25) is 0 Å². The molecule has 3 aromatic rings. The lowest BCUT2D eigenvalue weighted by molar-refractivity contribution is 0.0734. The molecule has 3 aromatic carbocycles. The van der Waals surface area contributed by atoms with Crippen molar-refractivity contribution in [2.75, 3.05) is 0 Å². The number of carbonyl (C=O) groups excluding carboxylic acids is 2. The SMILES string of the molecule is N=NOc1ccc(C(=O)Oc2ccc(C(=O)c3ccccc3)cc2)cc1. The van der Waals surface area contributed by atoms with Crippen molar-refractivity contribution in [3.05, 3.63) is 95.6 Å². The minimum absolute atomic E-state index is 0.0983. The highest BCUT2D eigenvalue weighted by atomic mass is 16.6. The first-order chi connectivity index (χ1) is 12.7. The van der Waals surface area contributed by atoms with Crippen molar-refractivity contribution in [3.8, 4) is 11.5 Å². The predicted octanol–water partition coefficient (Wildman–Crippen LogP) is 4.46. The van der Waals surface area contributed by atoms with Gasteiger partial charge >= 0.3 is 5.97 Å². The number of rotatable bonds is 6. The molecule has 128 valence electrons. The summed E-state index contributed by atoms with van der Waals surface area (Å²) < 4.78 is 5.29. The molecule has 6 heteroatoms. The molecule has 3 rings (SSSR count). The molecule has 0 saturated heterocycles. The quantitative estimate of drug-likeness (QED) is 0.235. The number of hydrogen-bond donors (Lipinski definition) is 1. The van der Waals surface area contributed by atoms with Crippen LogP contribution >= 0.6 is 0 Å². The van der Waals surface area contributed by atoms with Crippen LogP contribution in [0.3, 0.4) is 0 Å². The third-order valence-corrected chi connectivity index (χ3v) is 3.60. The Morgan fingerprint density at radius 1 is 0.692 bits per heavy atom. The predicted molar refractivity (Wildman–Crippen MR) is 93.5 cm³/mol. The van der Waals surface area contributed by atoms with Gasteiger partial charge in [-0.1, -0.05) is 30.3 Å². The minimum Gasteiger partial charge on any atom is -0.423 e. The van der Waals surface area contributed by atoms with E-state index >= 15 is 0 Å². The second-order valence-corrected chi connectivity index (χ2v) is 5.32. The molecule has 26 heavy (non-hydrogen) atoms. The van der Waals surface area contributed by atoms with Gasteiger partial charge in [-0.2, -0.15) is 5.53 Å². The molecule has 0 saturated carbocycles. The van der Waals surface area contributed by atoms with Gasteiger partial charge in [-0.25, -0.2) is 4.79 Å². The summed E-state index contributed by atoms with van der Waals surface area (Å²) in [5.74, 6) is 0.0433. The number of nitrogens with one attached hydrogen (secondary N) is 1. The number of esters is 1. The third kappa shape index (κ3) is 3.99. The van der Waals surface area contributed by atoms with Gasteiger partial charge in [0.05, 0.1) is 5.56 Å². The van der Waals surface area contributed by atoms with Crippen LogP contribution in [0.1, 0.15) is 26.3 Å². The van der Waals surface area contributed by atoms with Crippen LogP contribution in [0.2, 0.25) is 0 Å². The average Bonchev–Trinajstić information content (AvgIpc) is 2.69. The lowest BCUT2D eigenvalue weighted by atomic mass is 10.0. The Labute approximate surface area is 149 Å². The molecule has 0 atom stereocenters. The van der Waals surface area contributed by atoms with Gasteiger partial charge in [-0.3, -0.25) is 4.79 Å². The normalized spacial score (nSPS) is 10.0. The zero-order valence-electron chi connectivity index (χ0n) is 13.6. The standard InChI is InChI=1S/C20H14N2O4/c21-22-26-18-12-8-16(9-13-18)20(24)25-17-10-6-15(7-11-17)19(23)14-4-2-1-3-5-14/h1-13,21H. The highest BCUT2D eigenvalue weighted by Crippen LogP contribution is 2.18. The van der Waals surface area contributed by atoms with E-state index in [0.29, 0.717) is 28.2 Å². The van der Waals surface area contributed by atoms with E-state index in [-0.39, 0.29) is 5.78 Å². The third-order valence-electron chi connectivity index (χ3n) is 3.60. The van der Waals surface area contributed by atoms with Crippen LogP contribution in [0.5, 0.6) is 11.5 Å². The van der Waals surface area contributed by atoms with Crippen LogP contribution in [-0.2, 0) is 0 Å². The molecular formula is C20H14N2O4. The van der Waals surface area contributed by atoms with E-state index in [0.717, 1.165) is 0 Å². The average molecular weight is 346 g/mol. The number of ether oxygens (including phenoxy) is 1. The highest BCUT2D eigenvalue weighted by Gasteiger charge is 2.11. The number of carbonyl (C=O) groups is 2. The number of benzene rings is 3. The summed E-state index contributed by atoms with van der Waals surface area (Å²) in [6, 6.07) is 21.4. The van der Waals surface area contributed by atoms with E-state index in [2.05, 4.69) is 10.1 Å². The van der Waals surface area contributed by atoms with Crippen LogP contribution in [-0.4, -0.2) is 11.8 Å².